The number of rotatable bonds is 5. The number of hydrogen-bond acceptors (Lipinski definition) is 6. The van der Waals surface area contributed by atoms with Crippen molar-refractivity contribution in [1.82, 2.24) is 15.1 Å². The Labute approximate surface area is 183 Å². The Balaban J connectivity index is 1.89. The highest BCUT2D eigenvalue weighted by atomic mass is 35.5. The molecule has 1 aliphatic rings. The molecule has 0 radical (unpaired) electrons. The molecule has 1 N–H and O–H groups in total. The van der Waals surface area contributed by atoms with Gasteiger partial charge in [0.05, 0.1) is 9.77 Å². The third-order valence-electron chi connectivity index (χ3n) is 4.72. The van der Waals surface area contributed by atoms with Crippen molar-refractivity contribution in [2.24, 2.45) is 0 Å². The topological polar surface area (TPSA) is 104 Å². The van der Waals surface area contributed by atoms with Gasteiger partial charge in [-0.25, -0.2) is 8.42 Å². The zero-order valence-corrected chi connectivity index (χ0v) is 18.5. The molecule has 0 aliphatic carbocycles. The number of nitrogens with zero attached hydrogens (tertiary/aromatic N) is 2. The van der Waals surface area contributed by atoms with Gasteiger partial charge in [-0.2, -0.15) is 0 Å². The summed E-state index contributed by atoms with van der Waals surface area (Å²) in [5.74, 6) is -1.50. The molecule has 1 fully saturated rings. The number of hydrogen-bond donors (Lipinski definition) is 1. The summed E-state index contributed by atoms with van der Waals surface area (Å²) < 4.78 is 26.5. The molecule has 30 heavy (non-hydrogen) atoms. The van der Waals surface area contributed by atoms with Crippen LogP contribution in [-0.4, -0.2) is 67.5 Å². The molecule has 1 saturated heterocycles. The molecular formula is C19H20ClN3O5S2. The van der Waals surface area contributed by atoms with Crippen LogP contribution in [0.25, 0.3) is 0 Å². The van der Waals surface area contributed by atoms with Gasteiger partial charge in [0, 0.05) is 38.1 Å². The Morgan fingerprint density at radius 1 is 1.03 bits per heavy atom. The van der Waals surface area contributed by atoms with Gasteiger partial charge in [0.15, 0.2) is 0 Å². The predicted octanol–water partition coefficient (Wildman–Crippen LogP) is 1.62. The van der Waals surface area contributed by atoms with Crippen LogP contribution < -0.4 is 5.32 Å². The van der Waals surface area contributed by atoms with Crippen molar-refractivity contribution in [1.29, 1.82) is 0 Å². The highest BCUT2D eigenvalue weighted by molar-refractivity contribution is 7.92. The first-order valence-corrected chi connectivity index (χ1v) is 11.9. The molecule has 1 unspecified atom stereocenters. The Bertz CT molecular complexity index is 1030. The van der Waals surface area contributed by atoms with Gasteiger partial charge in [-0.3, -0.25) is 14.4 Å². The number of halogens is 1. The molecule has 0 bridgehead atoms. The Morgan fingerprint density at radius 2 is 1.63 bits per heavy atom. The fourth-order valence-corrected chi connectivity index (χ4v) is 5.26. The van der Waals surface area contributed by atoms with Crippen molar-refractivity contribution in [3.05, 3.63) is 51.7 Å². The van der Waals surface area contributed by atoms with Crippen LogP contribution in [0, 0.1) is 0 Å². The molecule has 11 heteroatoms. The van der Waals surface area contributed by atoms with Crippen LogP contribution in [0.15, 0.2) is 46.7 Å². The van der Waals surface area contributed by atoms with Crippen LogP contribution in [-0.2, 0) is 19.4 Å². The van der Waals surface area contributed by atoms with Gasteiger partial charge < -0.3 is 15.1 Å². The summed E-state index contributed by atoms with van der Waals surface area (Å²) >= 11 is 6.99. The molecular weight excluding hydrogens is 450 g/mol. The number of piperazine rings is 1. The first kappa shape index (κ1) is 22.3. The quantitative estimate of drug-likeness (QED) is 0.716. The van der Waals surface area contributed by atoms with Gasteiger partial charge in [0.2, 0.25) is 21.1 Å². The van der Waals surface area contributed by atoms with Crippen LogP contribution in [0.1, 0.15) is 16.6 Å². The number of amides is 3. The van der Waals surface area contributed by atoms with E-state index >= 15 is 0 Å². The largest absolute Gasteiger partial charge is 0.339 e. The van der Waals surface area contributed by atoms with E-state index in [4.69, 9.17) is 11.6 Å². The minimum Gasteiger partial charge on any atom is -0.339 e. The van der Waals surface area contributed by atoms with Crippen LogP contribution in [0.4, 0.5) is 0 Å². The molecule has 1 aromatic carbocycles. The number of carbonyl (C=O) groups excluding carboxylic acids is 3. The van der Waals surface area contributed by atoms with E-state index in [9.17, 15) is 22.8 Å². The van der Waals surface area contributed by atoms with Crippen LogP contribution in [0.5, 0.6) is 0 Å². The van der Waals surface area contributed by atoms with Crippen LogP contribution in [0.3, 0.4) is 0 Å². The normalized spacial score (nSPS) is 15.5. The van der Waals surface area contributed by atoms with Gasteiger partial charge in [0.1, 0.15) is 0 Å². The molecule has 2 aromatic rings. The van der Waals surface area contributed by atoms with Crippen molar-refractivity contribution in [3.8, 4) is 0 Å². The van der Waals surface area contributed by atoms with Crippen molar-refractivity contribution in [2.45, 2.75) is 17.2 Å². The zero-order valence-electron chi connectivity index (χ0n) is 16.1. The van der Waals surface area contributed by atoms with Crippen molar-refractivity contribution in [3.63, 3.8) is 0 Å². The summed E-state index contributed by atoms with van der Waals surface area (Å²) in [6.45, 7) is 2.40. The smallest absolute Gasteiger partial charge is 0.262 e. The predicted molar refractivity (Wildman–Crippen MR) is 113 cm³/mol. The fourth-order valence-electron chi connectivity index (χ4n) is 3.04. The molecule has 1 aromatic heterocycles. The maximum atomic E-state index is 13.2. The van der Waals surface area contributed by atoms with E-state index in [1.54, 1.807) is 22.4 Å². The van der Waals surface area contributed by atoms with Crippen LogP contribution in [0.2, 0.25) is 5.02 Å². The number of sulfone groups is 1. The number of carbonyl (C=O) groups is 3. The monoisotopic (exact) mass is 469 g/mol. The summed E-state index contributed by atoms with van der Waals surface area (Å²) in [5, 5.41) is 2.62. The standard InChI is InChI=1S/C19H20ClN3O5S2/c1-13(24)22-8-10-23(11-9-22)19(26)18(21-17(25)16-3-2-12-29-16)30(27,28)15-6-4-14(20)5-7-15/h2-7,12,18H,8-11H2,1H3,(H,21,25). The third kappa shape index (κ3) is 4.82. The number of thiophene rings is 1. The molecule has 1 atom stereocenters. The first-order valence-electron chi connectivity index (χ1n) is 9.08. The maximum absolute atomic E-state index is 13.2. The highest BCUT2D eigenvalue weighted by Gasteiger charge is 2.39. The second-order valence-corrected chi connectivity index (χ2v) is 10.1. The van der Waals surface area contributed by atoms with E-state index in [2.05, 4.69) is 5.32 Å². The van der Waals surface area contributed by atoms with Crippen molar-refractivity contribution in [2.75, 3.05) is 26.2 Å². The average molecular weight is 470 g/mol. The van der Waals surface area contributed by atoms with Crippen molar-refractivity contribution >= 4 is 50.5 Å². The third-order valence-corrected chi connectivity index (χ3v) is 7.71. The lowest BCUT2D eigenvalue weighted by molar-refractivity contribution is -0.138. The van der Waals surface area contributed by atoms with E-state index in [-0.39, 0.29) is 23.9 Å². The molecule has 2 heterocycles. The second-order valence-electron chi connectivity index (χ2n) is 6.66. The number of nitrogens with one attached hydrogen (secondary N) is 1. The summed E-state index contributed by atoms with van der Waals surface area (Å²) in [6.07, 6.45) is 0. The Hall–Kier alpha value is -2.43. The van der Waals surface area contributed by atoms with Gasteiger partial charge in [-0.15, -0.1) is 11.3 Å². The lowest BCUT2D eigenvalue weighted by Gasteiger charge is -2.35. The molecule has 3 rings (SSSR count). The van der Waals surface area contributed by atoms with E-state index in [0.29, 0.717) is 23.0 Å². The summed E-state index contributed by atoms with van der Waals surface area (Å²) in [7, 11) is -4.24. The summed E-state index contributed by atoms with van der Waals surface area (Å²) in [4.78, 5) is 40.4. The minimum absolute atomic E-state index is 0.113. The maximum Gasteiger partial charge on any atom is 0.262 e. The Kier molecular flexibility index (Phi) is 6.79. The zero-order chi connectivity index (χ0) is 21.9. The molecule has 3 amide bonds. The lowest BCUT2D eigenvalue weighted by atomic mass is 10.3. The Morgan fingerprint density at radius 3 is 2.17 bits per heavy atom. The summed E-state index contributed by atoms with van der Waals surface area (Å²) in [6, 6.07) is 8.60. The molecule has 0 saturated carbocycles. The SMILES string of the molecule is CC(=O)N1CCN(C(=O)C(NC(=O)c2cccs2)S(=O)(=O)c2ccc(Cl)cc2)CC1. The summed E-state index contributed by atoms with van der Waals surface area (Å²) in [5.41, 5.74) is 0. The van der Waals surface area contributed by atoms with Crippen LogP contribution >= 0.6 is 22.9 Å². The van der Waals surface area contributed by atoms with E-state index in [1.165, 1.54) is 36.1 Å². The second kappa shape index (κ2) is 9.15. The molecule has 0 spiro atoms. The highest BCUT2D eigenvalue weighted by Crippen LogP contribution is 2.21. The average Bonchev–Trinajstić information content (AvgIpc) is 3.26. The van der Waals surface area contributed by atoms with E-state index in [0.717, 1.165) is 11.3 Å². The van der Waals surface area contributed by atoms with Gasteiger partial charge in [0.25, 0.3) is 11.8 Å². The van der Waals surface area contributed by atoms with Gasteiger partial charge in [-0.1, -0.05) is 17.7 Å². The van der Waals surface area contributed by atoms with Gasteiger partial charge in [-0.05, 0) is 35.7 Å². The first-order chi connectivity index (χ1) is 14.2. The van der Waals surface area contributed by atoms with Gasteiger partial charge >= 0.3 is 0 Å². The molecule has 8 nitrogen and oxygen atoms in total. The number of benzene rings is 1. The van der Waals surface area contributed by atoms with E-state index < -0.39 is 27.0 Å². The molecule has 160 valence electrons. The van der Waals surface area contributed by atoms with E-state index in [1.807, 2.05) is 0 Å². The van der Waals surface area contributed by atoms with Crippen molar-refractivity contribution < 1.29 is 22.8 Å². The lowest BCUT2D eigenvalue weighted by Crippen LogP contribution is -2.57. The fraction of sp³-hybridized carbons (Fsp3) is 0.316. The molecule has 1 aliphatic heterocycles. The minimum atomic E-state index is -4.24.